The van der Waals surface area contributed by atoms with Gasteiger partial charge in [-0.2, -0.15) is 12.6 Å². The van der Waals surface area contributed by atoms with Crippen molar-refractivity contribution in [3.63, 3.8) is 0 Å². The van der Waals surface area contributed by atoms with E-state index in [4.69, 9.17) is 0 Å². The van der Waals surface area contributed by atoms with E-state index in [1.54, 1.807) is 0 Å². The number of amides is 1. The fourth-order valence-corrected chi connectivity index (χ4v) is 3.54. The van der Waals surface area contributed by atoms with Gasteiger partial charge in [-0.25, -0.2) is 0 Å². The molecule has 0 spiro atoms. The van der Waals surface area contributed by atoms with Gasteiger partial charge in [-0.15, -0.1) is 0 Å². The molecule has 0 saturated heterocycles. The zero-order valence-electron chi connectivity index (χ0n) is 15.3. The average Bonchev–Trinajstić information content (AvgIpc) is 2.30. The summed E-state index contributed by atoms with van der Waals surface area (Å²) in [6, 6.07) is 0. The molecule has 2 unspecified atom stereocenters. The van der Waals surface area contributed by atoms with Crippen LogP contribution in [-0.4, -0.2) is 17.2 Å². The Balaban J connectivity index is 4.18. The van der Waals surface area contributed by atoms with Gasteiger partial charge < -0.3 is 5.32 Å². The van der Waals surface area contributed by atoms with E-state index in [1.807, 2.05) is 6.92 Å². The van der Waals surface area contributed by atoms with E-state index in [0.717, 1.165) is 19.4 Å². The van der Waals surface area contributed by atoms with Crippen molar-refractivity contribution >= 4 is 18.5 Å². The molecule has 126 valence electrons. The fourth-order valence-electron chi connectivity index (χ4n) is 3.12. The fraction of sp³-hybridized carbons (Fsp3) is 0.944. The van der Waals surface area contributed by atoms with Crippen molar-refractivity contribution in [3.05, 3.63) is 0 Å². The molecule has 0 fully saturated rings. The standard InChI is InChI=1S/C18H37NOS/c1-8-9-10-14(2)11-15(3)16(20)19-13-17(4,5)12-18(6,7)21/h14-15,21H,8-13H2,1-7H3,(H,19,20). The first-order chi connectivity index (χ1) is 9.47. The maximum Gasteiger partial charge on any atom is 0.222 e. The van der Waals surface area contributed by atoms with Crippen LogP contribution in [0.4, 0.5) is 0 Å². The highest BCUT2D eigenvalue weighted by molar-refractivity contribution is 7.81. The molecule has 0 rings (SSSR count). The Morgan fingerprint density at radius 3 is 2.24 bits per heavy atom. The van der Waals surface area contributed by atoms with Crippen molar-refractivity contribution < 1.29 is 4.79 Å². The molecule has 1 amide bonds. The molecule has 0 aromatic heterocycles. The molecule has 0 radical (unpaired) electrons. The number of nitrogens with one attached hydrogen (secondary N) is 1. The Morgan fingerprint density at radius 2 is 1.76 bits per heavy atom. The van der Waals surface area contributed by atoms with Crippen LogP contribution < -0.4 is 5.32 Å². The first-order valence-corrected chi connectivity index (χ1v) is 8.91. The smallest absolute Gasteiger partial charge is 0.222 e. The van der Waals surface area contributed by atoms with E-state index in [0.29, 0.717) is 5.92 Å². The summed E-state index contributed by atoms with van der Waals surface area (Å²) in [5.41, 5.74) is 0.0778. The molecule has 3 heteroatoms. The van der Waals surface area contributed by atoms with Gasteiger partial charge in [0.15, 0.2) is 0 Å². The van der Waals surface area contributed by atoms with E-state index < -0.39 is 0 Å². The number of carbonyl (C=O) groups excluding carboxylic acids is 1. The highest BCUT2D eigenvalue weighted by atomic mass is 32.1. The molecule has 2 atom stereocenters. The molecule has 0 aromatic rings. The summed E-state index contributed by atoms with van der Waals surface area (Å²) in [7, 11) is 0. The quantitative estimate of drug-likeness (QED) is 0.541. The van der Waals surface area contributed by atoms with Gasteiger partial charge in [0, 0.05) is 17.2 Å². The zero-order chi connectivity index (χ0) is 16.7. The third kappa shape index (κ3) is 11.1. The van der Waals surface area contributed by atoms with Gasteiger partial charge in [-0.1, -0.05) is 67.7 Å². The minimum absolute atomic E-state index is 0.00545. The lowest BCUT2D eigenvalue weighted by atomic mass is 9.83. The van der Waals surface area contributed by atoms with Gasteiger partial charge in [-0.05, 0) is 24.2 Å². The van der Waals surface area contributed by atoms with Crippen molar-refractivity contribution in [1.82, 2.24) is 5.32 Å². The first-order valence-electron chi connectivity index (χ1n) is 8.47. The van der Waals surface area contributed by atoms with Gasteiger partial charge in [-0.3, -0.25) is 4.79 Å². The minimum Gasteiger partial charge on any atom is -0.355 e. The van der Waals surface area contributed by atoms with Crippen molar-refractivity contribution in [2.24, 2.45) is 17.3 Å². The summed E-state index contributed by atoms with van der Waals surface area (Å²) in [5, 5.41) is 3.13. The van der Waals surface area contributed by atoms with Crippen LogP contribution in [0.1, 0.15) is 80.6 Å². The van der Waals surface area contributed by atoms with E-state index >= 15 is 0 Å². The molecule has 0 aliphatic heterocycles. The van der Waals surface area contributed by atoms with Crippen LogP contribution in [0.3, 0.4) is 0 Å². The third-order valence-electron chi connectivity index (χ3n) is 3.91. The van der Waals surface area contributed by atoms with Crippen molar-refractivity contribution in [3.8, 4) is 0 Å². The molecule has 1 N–H and O–H groups in total. The second-order valence-electron chi connectivity index (χ2n) is 8.26. The predicted octanol–water partition coefficient (Wildman–Crippen LogP) is 5.08. The van der Waals surface area contributed by atoms with Crippen LogP contribution in [0.25, 0.3) is 0 Å². The maximum absolute atomic E-state index is 12.2. The normalized spacial score (nSPS) is 15.6. The number of carbonyl (C=O) groups is 1. The number of unbranched alkanes of at least 4 members (excludes halogenated alkanes) is 1. The molecular formula is C18H37NOS. The third-order valence-corrected chi connectivity index (χ3v) is 4.06. The van der Waals surface area contributed by atoms with Crippen molar-refractivity contribution in [1.29, 1.82) is 0 Å². The average molecular weight is 316 g/mol. The lowest BCUT2D eigenvalue weighted by Crippen LogP contribution is -2.39. The van der Waals surface area contributed by atoms with Crippen LogP contribution in [-0.2, 0) is 4.79 Å². The van der Waals surface area contributed by atoms with E-state index in [1.165, 1.54) is 19.3 Å². The highest BCUT2D eigenvalue weighted by Gasteiger charge is 2.27. The summed E-state index contributed by atoms with van der Waals surface area (Å²) in [6.45, 7) is 15.9. The molecule has 2 nitrogen and oxygen atoms in total. The van der Waals surface area contributed by atoms with Crippen LogP contribution in [0, 0.1) is 17.3 Å². The largest absolute Gasteiger partial charge is 0.355 e. The Bertz CT molecular complexity index is 307. The molecule has 0 aromatic carbocycles. The SMILES string of the molecule is CCCCC(C)CC(C)C(=O)NCC(C)(C)CC(C)(C)S. The van der Waals surface area contributed by atoms with Gasteiger partial charge in [0.2, 0.25) is 5.91 Å². The second-order valence-corrected chi connectivity index (χ2v) is 9.47. The second kappa shape index (κ2) is 9.07. The number of thiol groups is 1. The Kier molecular flexibility index (Phi) is 8.99. The van der Waals surface area contributed by atoms with Gasteiger partial charge in [0.1, 0.15) is 0 Å². The molecule has 21 heavy (non-hydrogen) atoms. The molecule has 0 saturated carbocycles. The number of hydrogen-bond donors (Lipinski definition) is 2. The van der Waals surface area contributed by atoms with Gasteiger partial charge >= 0.3 is 0 Å². The summed E-state index contributed by atoms with van der Waals surface area (Å²) in [5.74, 6) is 0.940. The predicted molar refractivity (Wildman–Crippen MR) is 96.9 cm³/mol. The Hall–Kier alpha value is -0.180. The molecule has 0 aliphatic rings. The Morgan fingerprint density at radius 1 is 1.19 bits per heavy atom. The Labute approximate surface area is 138 Å². The highest BCUT2D eigenvalue weighted by Crippen LogP contribution is 2.31. The molecule has 0 aliphatic carbocycles. The lowest BCUT2D eigenvalue weighted by molar-refractivity contribution is -0.125. The van der Waals surface area contributed by atoms with Crippen LogP contribution >= 0.6 is 12.6 Å². The first kappa shape index (κ1) is 20.8. The lowest BCUT2D eigenvalue weighted by Gasteiger charge is -2.32. The summed E-state index contributed by atoms with van der Waals surface area (Å²) in [4.78, 5) is 12.2. The van der Waals surface area contributed by atoms with Crippen LogP contribution in [0.15, 0.2) is 0 Å². The monoisotopic (exact) mass is 315 g/mol. The molecular weight excluding hydrogens is 278 g/mol. The minimum atomic E-state index is -0.00545. The van der Waals surface area contributed by atoms with Crippen molar-refractivity contribution in [2.75, 3.05) is 6.54 Å². The topological polar surface area (TPSA) is 29.1 Å². The summed E-state index contributed by atoms with van der Waals surface area (Å²) in [6.07, 6.45) is 5.70. The molecule has 0 bridgehead atoms. The zero-order valence-corrected chi connectivity index (χ0v) is 16.1. The maximum atomic E-state index is 12.2. The van der Waals surface area contributed by atoms with Gasteiger partial charge in [0.25, 0.3) is 0 Å². The van der Waals surface area contributed by atoms with Crippen LogP contribution in [0.5, 0.6) is 0 Å². The van der Waals surface area contributed by atoms with E-state index in [9.17, 15) is 4.79 Å². The van der Waals surface area contributed by atoms with Crippen molar-refractivity contribution in [2.45, 2.75) is 85.3 Å². The van der Waals surface area contributed by atoms with E-state index in [-0.39, 0.29) is 22.0 Å². The summed E-state index contributed by atoms with van der Waals surface area (Å²) < 4.78 is -0.00545. The van der Waals surface area contributed by atoms with Gasteiger partial charge in [0.05, 0.1) is 0 Å². The number of rotatable bonds is 10. The van der Waals surface area contributed by atoms with Crippen LogP contribution in [0.2, 0.25) is 0 Å². The van der Waals surface area contributed by atoms with E-state index in [2.05, 4.69) is 59.5 Å². The molecule has 0 heterocycles. The number of hydrogen-bond acceptors (Lipinski definition) is 2. The summed E-state index contributed by atoms with van der Waals surface area (Å²) >= 11 is 4.60.